The van der Waals surface area contributed by atoms with Gasteiger partial charge in [0.25, 0.3) is 11.5 Å². The van der Waals surface area contributed by atoms with E-state index in [1.54, 1.807) is 14.2 Å². The van der Waals surface area contributed by atoms with Crippen LogP contribution >= 0.6 is 0 Å². The lowest BCUT2D eigenvalue weighted by Crippen LogP contribution is -2.47. The number of anilines is 1. The zero-order valence-electron chi connectivity index (χ0n) is 18.2. The Balaban J connectivity index is 1.37. The minimum atomic E-state index is -0.268. The highest BCUT2D eigenvalue weighted by molar-refractivity contribution is 5.91. The summed E-state index contributed by atoms with van der Waals surface area (Å²) in [6.07, 6.45) is 0.859. The molecule has 1 amide bonds. The van der Waals surface area contributed by atoms with Crippen molar-refractivity contribution in [3.8, 4) is 5.75 Å². The van der Waals surface area contributed by atoms with E-state index in [2.05, 4.69) is 32.3 Å². The van der Waals surface area contributed by atoms with Gasteiger partial charge in [-0.3, -0.25) is 14.5 Å². The van der Waals surface area contributed by atoms with Crippen LogP contribution in [0.4, 0.5) is 5.69 Å². The Morgan fingerprint density at radius 1 is 1.03 bits per heavy atom. The normalized spacial score (nSPS) is 14.5. The molecule has 2 aromatic rings. The summed E-state index contributed by atoms with van der Waals surface area (Å²) in [6, 6.07) is 11.0. The molecular formula is C22H31N5O4. The molecule has 0 radical (unpaired) electrons. The molecule has 2 heterocycles. The van der Waals surface area contributed by atoms with Crippen LogP contribution in [0.1, 0.15) is 16.9 Å². The molecule has 0 aliphatic carbocycles. The van der Waals surface area contributed by atoms with Crippen molar-refractivity contribution in [3.05, 3.63) is 52.4 Å². The number of hydrogen-bond acceptors (Lipinski definition) is 7. The minimum Gasteiger partial charge on any atom is -0.497 e. The Kier molecular flexibility index (Phi) is 8.43. The van der Waals surface area contributed by atoms with Gasteiger partial charge in [-0.15, -0.1) is 0 Å². The van der Waals surface area contributed by atoms with Crippen molar-refractivity contribution in [1.29, 1.82) is 0 Å². The van der Waals surface area contributed by atoms with Gasteiger partial charge in [-0.2, -0.15) is 5.10 Å². The molecule has 1 saturated heterocycles. The first-order valence-corrected chi connectivity index (χ1v) is 10.6. The molecule has 1 N–H and O–H groups in total. The number of nitrogens with zero attached hydrogens (tertiary/aromatic N) is 4. The molecule has 0 saturated carbocycles. The molecule has 9 heteroatoms. The highest BCUT2D eigenvalue weighted by Crippen LogP contribution is 2.20. The molecule has 1 aromatic heterocycles. The molecule has 0 unspecified atom stereocenters. The molecule has 1 fully saturated rings. The van der Waals surface area contributed by atoms with Crippen LogP contribution in [0, 0.1) is 0 Å². The van der Waals surface area contributed by atoms with Crippen molar-refractivity contribution in [2.45, 2.75) is 13.0 Å². The van der Waals surface area contributed by atoms with Crippen LogP contribution in [-0.2, 0) is 11.3 Å². The van der Waals surface area contributed by atoms with E-state index in [1.165, 1.54) is 22.5 Å². The third kappa shape index (κ3) is 6.53. The summed E-state index contributed by atoms with van der Waals surface area (Å²) in [6.45, 7) is 6.12. The lowest BCUT2D eigenvalue weighted by molar-refractivity contribution is 0.0942. The first kappa shape index (κ1) is 22.8. The third-order valence-electron chi connectivity index (χ3n) is 5.35. The fourth-order valence-corrected chi connectivity index (χ4v) is 3.53. The van der Waals surface area contributed by atoms with E-state index in [9.17, 15) is 9.59 Å². The lowest BCUT2D eigenvalue weighted by atomic mass is 10.2. The van der Waals surface area contributed by atoms with Crippen LogP contribution in [0.5, 0.6) is 5.75 Å². The number of benzene rings is 1. The van der Waals surface area contributed by atoms with Crippen LogP contribution in [-0.4, -0.2) is 80.7 Å². The van der Waals surface area contributed by atoms with E-state index in [1.807, 2.05) is 12.1 Å². The quantitative estimate of drug-likeness (QED) is 0.560. The maximum absolute atomic E-state index is 12.3. The highest BCUT2D eigenvalue weighted by Gasteiger charge is 2.17. The van der Waals surface area contributed by atoms with Gasteiger partial charge in [0.05, 0.1) is 20.3 Å². The standard InChI is InChI=1S/C22H31N5O4/c1-30-17-16-27-21(28)9-8-20(24-27)22(29)23-10-3-11-25-12-14-26(15-13-25)18-4-6-19(31-2)7-5-18/h4-9H,3,10-17H2,1-2H3,(H,23,29). The third-order valence-corrected chi connectivity index (χ3v) is 5.35. The summed E-state index contributed by atoms with van der Waals surface area (Å²) in [5.41, 5.74) is 1.21. The van der Waals surface area contributed by atoms with Crippen molar-refractivity contribution in [2.24, 2.45) is 0 Å². The summed E-state index contributed by atoms with van der Waals surface area (Å²) in [7, 11) is 3.23. The molecule has 0 spiro atoms. The highest BCUT2D eigenvalue weighted by atomic mass is 16.5. The van der Waals surface area contributed by atoms with Gasteiger partial charge in [0.1, 0.15) is 11.4 Å². The zero-order chi connectivity index (χ0) is 22.1. The maximum atomic E-state index is 12.3. The second-order valence-corrected chi connectivity index (χ2v) is 7.41. The van der Waals surface area contributed by atoms with Crippen molar-refractivity contribution >= 4 is 11.6 Å². The Morgan fingerprint density at radius 2 is 1.77 bits per heavy atom. The van der Waals surface area contributed by atoms with Crippen LogP contribution in [0.15, 0.2) is 41.2 Å². The molecule has 0 atom stereocenters. The van der Waals surface area contributed by atoms with Gasteiger partial charge >= 0.3 is 0 Å². The van der Waals surface area contributed by atoms with E-state index in [4.69, 9.17) is 9.47 Å². The SMILES string of the molecule is COCCn1nc(C(=O)NCCCN2CCN(c3ccc(OC)cc3)CC2)ccc1=O. The van der Waals surface area contributed by atoms with Gasteiger partial charge in [0.2, 0.25) is 0 Å². The smallest absolute Gasteiger partial charge is 0.271 e. The molecular weight excluding hydrogens is 398 g/mol. The predicted octanol–water partition coefficient (Wildman–Crippen LogP) is 0.840. The average molecular weight is 430 g/mol. The molecule has 3 rings (SSSR count). The predicted molar refractivity (Wildman–Crippen MR) is 119 cm³/mol. The van der Waals surface area contributed by atoms with Gasteiger partial charge in [-0.25, -0.2) is 4.68 Å². The summed E-state index contributed by atoms with van der Waals surface area (Å²) in [5, 5.41) is 7.00. The van der Waals surface area contributed by atoms with E-state index in [-0.39, 0.29) is 17.2 Å². The summed E-state index contributed by atoms with van der Waals surface area (Å²) < 4.78 is 11.4. The van der Waals surface area contributed by atoms with Crippen molar-refractivity contribution in [3.63, 3.8) is 0 Å². The fraction of sp³-hybridized carbons (Fsp3) is 0.500. The lowest BCUT2D eigenvalue weighted by Gasteiger charge is -2.36. The van der Waals surface area contributed by atoms with Crippen LogP contribution in [0.25, 0.3) is 0 Å². The van der Waals surface area contributed by atoms with Crippen molar-refractivity contribution in [2.75, 3.05) is 65.0 Å². The molecule has 0 bridgehead atoms. The van der Waals surface area contributed by atoms with E-state index in [0.29, 0.717) is 19.7 Å². The molecule has 31 heavy (non-hydrogen) atoms. The maximum Gasteiger partial charge on any atom is 0.271 e. The van der Waals surface area contributed by atoms with Crippen LogP contribution in [0.3, 0.4) is 0 Å². The van der Waals surface area contributed by atoms with Gasteiger partial charge in [-0.05, 0) is 43.3 Å². The van der Waals surface area contributed by atoms with Gasteiger partial charge in [-0.1, -0.05) is 0 Å². The Hall–Kier alpha value is -2.91. The van der Waals surface area contributed by atoms with Crippen molar-refractivity contribution < 1.29 is 14.3 Å². The minimum absolute atomic E-state index is 0.240. The number of ether oxygens (including phenoxy) is 2. The Bertz CT molecular complexity index is 892. The Morgan fingerprint density at radius 3 is 2.45 bits per heavy atom. The zero-order valence-corrected chi connectivity index (χ0v) is 18.2. The largest absolute Gasteiger partial charge is 0.497 e. The number of hydrogen-bond donors (Lipinski definition) is 1. The molecule has 9 nitrogen and oxygen atoms in total. The van der Waals surface area contributed by atoms with Gasteiger partial charge in [0, 0.05) is 51.6 Å². The average Bonchev–Trinajstić information content (AvgIpc) is 2.81. The number of amides is 1. The van der Waals surface area contributed by atoms with E-state index >= 15 is 0 Å². The van der Waals surface area contributed by atoms with Crippen LogP contribution < -0.4 is 20.5 Å². The number of aromatic nitrogens is 2. The number of nitrogens with one attached hydrogen (secondary N) is 1. The second kappa shape index (κ2) is 11.5. The van der Waals surface area contributed by atoms with E-state index < -0.39 is 0 Å². The summed E-state index contributed by atoms with van der Waals surface area (Å²) in [5.74, 6) is 0.601. The molecule has 1 aliphatic rings. The number of piperazine rings is 1. The monoisotopic (exact) mass is 429 g/mol. The summed E-state index contributed by atoms with van der Waals surface area (Å²) in [4.78, 5) is 28.9. The topological polar surface area (TPSA) is 88.9 Å². The van der Waals surface area contributed by atoms with E-state index in [0.717, 1.165) is 44.9 Å². The molecule has 1 aliphatic heterocycles. The fourth-order valence-electron chi connectivity index (χ4n) is 3.53. The number of carbonyl (C=O) groups excluding carboxylic acids is 1. The van der Waals surface area contributed by atoms with Gasteiger partial charge in [0.15, 0.2) is 0 Å². The molecule has 1 aromatic carbocycles. The second-order valence-electron chi connectivity index (χ2n) is 7.41. The number of carbonyl (C=O) groups is 1. The molecule has 168 valence electrons. The first-order chi connectivity index (χ1) is 15.1. The number of rotatable bonds is 10. The van der Waals surface area contributed by atoms with Gasteiger partial charge < -0.3 is 19.7 Å². The number of methoxy groups -OCH3 is 2. The van der Waals surface area contributed by atoms with Crippen LogP contribution in [0.2, 0.25) is 0 Å². The summed E-state index contributed by atoms with van der Waals surface area (Å²) >= 11 is 0. The Labute approximate surface area is 182 Å². The first-order valence-electron chi connectivity index (χ1n) is 10.6. The van der Waals surface area contributed by atoms with Crippen molar-refractivity contribution in [1.82, 2.24) is 20.0 Å².